The summed E-state index contributed by atoms with van der Waals surface area (Å²) < 4.78 is 0.634. The zero-order valence-corrected chi connectivity index (χ0v) is 19.1. The lowest BCUT2D eigenvalue weighted by Crippen LogP contribution is -2.34. The van der Waals surface area contributed by atoms with Crippen LogP contribution in [0.4, 0.5) is 5.82 Å². The second kappa shape index (κ2) is 8.07. The Balaban J connectivity index is 1.80. The van der Waals surface area contributed by atoms with E-state index in [9.17, 15) is 4.79 Å². The average molecular weight is 426 g/mol. The van der Waals surface area contributed by atoms with Crippen LogP contribution in [-0.2, 0) is 4.79 Å². The number of anilines is 1. The first-order valence-electron chi connectivity index (χ1n) is 10.3. The molecule has 0 radical (unpaired) electrons. The Kier molecular flexibility index (Phi) is 5.67. The van der Waals surface area contributed by atoms with Crippen molar-refractivity contribution < 1.29 is 4.79 Å². The minimum Gasteiger partial charge on any atom is -0.356 e. The van der Waals surface area contributed by atoms with Gasteiger partial charge in [-0.1, -0.05) is 42.5 Å². The Morgan fingerprint density at radius 3 is 2.62 bits per heavy atom. The minimum absolute atomic E-state index is 0.00226. The van der Waals surface area contributed by atoms with Gasteiger partial charge in [-0.05, 0) is 63.8 Å². The molecule has 2 saturated heterocycles. The van der Waals surface area contributed by atoms with E-state index in [1.165, 1.54) is 30.2 Å². The number of rotatable bonds is 3. The first-order chi connectivity index (χ1) is 13.8. The highest BCUT2D eigenvalue weighted by Crippen LogP contribution is 2.36. The van der Waals surface area contributed by atoms with Gasteiger partial charge in [0.05, 0.1) is 10.4 Å². The molecule has 3 heterocycles. The van der Waals surface area contributed by atoms with Crippen molar-refractivity contribution in [3.8, 4) is 0 Å². The van der Waals surface area contributed by atoms with Gasteiger partial charge in [-0.15, -0.1) is 0 Å². The van der Waals surface area contributed by atoms with Gasteiger partial charge in [-0.25, -0.2) is 4.98 Å². The number of thioether (sulfide) groups is 1. The number of benzene rings is 1. The predicted molar refractivity (Wildman–Crippen MR) is 127 cm³/mol. The molecule has 2 aromatic rings. The number of fused-ring (bicyclic) bond motifs is 1. The average Bonchev–Trinajstić information content (AvgIpc) is 2.95. The molecule has 4 rings (SSSR count). The van der Waals surface area contributed by atoms with Crippen LogP contribution in [0, 0.1) is 12.8 Å². The number of piperidine rings is 1. The number of carbonyl (C=O) groups excluding carboxylic acids is 1. The van der Waals surface area contributed by atoms with E-state index in [1.807, 2.05) is 19.9 Å². The summed E-state index contributed by atoms with van der Waals surface area (Å²) in [5, 5.41) is 1.10. The molecule has 152 valence electrons. The third-order valence-electron chi connectivity index (χ3n) is 5.69. The maximum Gasteiger partial charge on any atom is 0.266 e. The summed E-state index contributed by atoms with van der Waals surface area (Å²) in [5.41, 5.74) is 3.20. The van der Waals surface area contributed by atoms with Gasteiger partial charge in [0, 0.05) is 30.1 Å². The molecule has 0 unspecified atom stereocenters. The highest BCUT2D eigenvalue weighted by atomic mass is 32.2. The number of thiocarbonyl (C=S) groups is 1. The number of hydrogen-bond donors (Lipinski definition) is 0. The molecule has 0 saturated carbocycles. The summed E-state index contributed by atoms with van der Waals surface area (Å²) in [7, 11) is 0. The summed E-state index contributed by atoms with van der Waals surface area (Å²) in [4.78, 5) is 22.7. The molecule has 6 heteroatoms. The molecule has 1 aromatic carbocycles. The van der Waals surface area contributed by atoms with E-state index in [0.717, 1.165) is 41.3 Å². The van der Waals surface area contributed by atoms with Gasteiger partial charge < -0.3 is 4.90 Å². The lowest BCUT2D eigenvalue weighted by Gasteiger charge is -2.32. The molecule has 29 heavy (non-hydrogen) atoms. The lowest BCUT2D eigenvalue weighted by atomic mass is 9.98. The van der Waals surface area contributed by atoms with E-state index in [2.05, 4.69) is 43.0 Å². The molecule has 0 bridgehead atoms. The summed E-state index contributed by atoms with van der Waals surface area (Å²) >= 11 is 6.85. The number of aryl methyl sites for hydroxylation is 1. The maximum absolute atomic E-state index is 12.9. The van der Waals surface area contributed by atoms with Gasteiger partial charge in [-0.2, -0.15) is 0 Å². The van der Waals surface area contributed by atoms with Crippen LogP contribution in [0.3, 0.4) is 0 Å². The highest BCUT2D eigenvalue weighted by Gasteiger charge is 2.34. The fourth-order valence-corrected chi connectivity index (χ4v) is 5.46. The molecule has 2 fully saturated rings. The monoisotopic (exact) mass is 425 g/mol. The van der Waals surface area contributed by atoms with Gasteiger partial charge in [0.15, 0.2) is 0 Å². The highest BCUT2D eigenvalue weighted by molar-refractivity contribution is 8.26. The molecule has 0 N–H and O–H groups in total. The summed E-state index contributed by atoms with van der Waals surface area (Å²) in [6.07, 6.45) is 4.33. The smallest absolute Gasteiger partial charge is 0.266 e. The zero-order valence-electron chi connectivity index (χ0n) is 17.4. The lowest BCUT2D eigenvalue weighted by molar-refractivity contribution is -0.123. The van der Waals surface area contributed by atoms with E-state index in [1.54, 1.807) is 4.90 Å². The van der Waals surface area contributed by atoms with E-state index in [-0.39, 0.29) is 11.9 Å². The van der Waals surface area contributed by atoms with Gasteiger partial charge in [0.1, 0.15) is 10.1 Å². The first kappa shape index (κ1) is 20.4. The molecule has 2 aliphatic rings. The van der Waals surface area contributed by atoms with Crippen molar-refractivity contribution in [1.82, 2.24) is 9.88 Å². The van der Waals surface area contributed by atoms with Gasteiger partial charge in [-0.3, -0.25) is 9.69 Å². The summed E-state index contributed by atoms with van der Waals surface area (Å²) in [6.45, 7) is 10.4. The Morgan fingerprint density at radius 2 is 1.97 bits per heavy atom. The maximum atomic E-state index is 12.9. The predicted octanol–water partition coefficient (Wildman–Crippen LogP) is 5.39. The fourth-order valence-electron chi connectivity index (χ4n) is 3.95. The fraction of sp³-hybridized carbons (Fsp3) is 0.435. The Morgan fingerprint density at radius 1 is 1.24 bits per heavy atom. The minimum atomic E-state index is -0.00226. The van der Waals surface area contributed by atoms with Crippen molar-refractivity contribution in [2.24, 2.45) is 5.92 Å². The second-order valence-electron chi connectivity index (χ2n) is 8.41. The number of pyridine rings is 1. The molecule has 0 atom stereocenters. The van der Waals surface area contributed by atoms with Gasteiger partial charge in [0.25, 0.3) is 5.91 Å². The van der Waals surface area contributed by atoms with Crippen molar-refractivity contribution in [1.29, 1.82) is 0 Å². The Labute approximate surface area is 182 Å². The van der Waals surface area contributed by atoms with Crippen molar-refractivity contribution in [3.05, 3.63) is 40.3 Å². The van der Waals surface area contributed by atoms with Gasteiger partial charge in [0.2, 0.25) is 0 Å². The SMILES string of the molecule is Cc1ccc2nc(N3CCC(C)CC3)c(/C=C3\SC(=S)N(C(C)C)C3=O)cc2c1. The van der Waals surface area contributed by atoms with Crippen molar-refractivity contribution >= 4 is 57.0 Å². The molecule has 4 nitrogen and oxygen atoms in total. The van der Waals surface area contributed by atoms with Crippen molar-refractivity contribution in [3.63, 3.8) is 0 Å². The first-order valence-corrected chi connectivity index (χ1v) is 11.5. The van der Waals surface area contributed by atoms with Crippen LogP contribution in [-0.4, -0.2) is 39.2 Å². The van der Waals surface area contributed by atoms with Crippen LogP contribution in [0.15, 0.2) is 29.2 Å². The molecular formula is C23H27N3OS2. The van der Waals surface area contributed by atoms with Crippen LogP contribution in [0.2, 0.25) is 0 Å². The molecule has 2 aliphatic heterocycles. The van der Waals surface area contributed by atoms with Gasteiger partial charge >= 0.3 is 0 Å². The molecule has 1 aromatic heterocycles. The van der Waals surface area contributed by atoms with Crippen molar-refractivity contribution in [2.45, 2.75) is 46.6 Å². The zero-order chi connectivity index (χ0) is 20.7. The molecular weight excluding hydrogens is 398 g/mol. The van der Waals surface area contributed by atoms with Crippen LogP contribution in [0.25, 0.3) is 17.0 Å². The molecule has 1 amide bonds. The number of aromatic nitrogens is 1. The standard InChI is InChI=1S/C23H27N3OS2/c1-14(2)26-22(27)20(29-23(26)28)13-18-12-17-11-16(4)5-6-19(17)24-21(18)25-9-7-15(3)8-10-25/h5-6,11-15H,7-10H2,1-4H3/b20-13-. The van der Waals surface area contributed by atoms with E-state index in [0.29, 0.717) is 9.23 Å². The van der Waals surface area contributed by atoms with Crippen LogP contribution in [0.1, 0.15) is 44.7 Å². The van der Waals surface area contributed by atoms with Crippen LogP contribution < -0.4 is 4.90 Å². The van der Waals surface area contributed by atoms with Crippen LogP contribution in [0.5, 0.6) is 0 Å². The number of carbonyl (C=O) groups is 1. The van der Waals surface area contributed by atoms with E-state index in [4.69, 9.17) is 17.2 Å². The van der Waals surface area contributed by atoms with Crippen LogP contribution >= 0.6 is 24.0 Å². The Bertz CT molecular complexity index is 1010. The van der Waals surface area contributed by atoms with E-state index < -0.39 is 0 Å². The second-order valence-corrected chi connectivity index (χ2v) is 10.1. The number of hydrogen-bond acceptors (Lipinski definition) is 5. The number of nitrogens with zero attached hydrogens (tertiary/aromatic N) is 3. The summed E-state index contributed by atoms with van der Waals surface area (Å²) in [6, 6.07) is 8.58. The molecule has 0 aliphatic carbocycles. The van der Waals surface area contributed by atoms with Crippen molar-refractivity contribution in [2.75, 3.05) is 18.0 Å². The van der Waals surface area contributed by atoms with E-state index >= 15 is 0 Å². The normalized spacial score (nSPS) is 20.0. The third-order valence-corrected chi connectivity index (χ3v) is 7.02. The third kappa shape index (κ3) is 4.05. The number of amides is 1. The molecule has 0 spiro atoms. The summed E-state index contributed by atoms with van der Waals surface area (Å²) in [5.74, 6) is 1.72. The Hall–Kier alpha value is -1.92. The largest absolute Gasteiger partial charge is 0.356 e. The quantitative estimate of drug-likeness (QED) is 0.487. The topological polar surface area (TPSA) is 36.4 Å².